The predicted octanol–water partition coefficient (Wildman–Crippen LogP) is 2.67. The summed E-state index contributed by atoms with van der Waals surface area (Å²) in [6.45, 7) is 3.87. The Bertz CT molecular complexity index is 523. The minimum absolute atomic E-state index is 0.0348. The number of nitro groups is 1. The van der Waals surface area contributed by atoms with E-state index >= 15 is 0 Å². The highest BCUT2D eigenvalue weighted by Gasteiger charge is 2.17. The minimum Gasteiger partial charge on any atom is -0.379 e. The van der Waals surface area contributed by atoms with Gasteiger partial charge in [0.05, 0.1) is 8.49 Å². The molecule has 8 heteroatoms. The summed E-state index contributed by atoms with van der Waals surface area (Å²) in [5.74, 6) is -0.702. The molecule has 0 saturated carbocycles. The lowest BCUT2D eigenvalue weighted by Gasteiger charge is -2.10. The number of hydrogen-bond acceptors (Lipinski definition) is 4. The zero-order valence-corrected chi connectivity index (χ0v) is 13.2. The fraction of sp³-hybridized carbons (Fsp3) is 0.417. The Hall–Kier alpha value is -1.45. The van der Waals surface area contributed by atoms with Gasteiger partial charge in [-0.25, -0.2) is 4.39 Å². The van der Waals surface area contributed by atoms with Gasteiger partial charge in [0.1, 0.15) is 11.5 Å². The molecule has 1 rings (SSSR count). The van der Waals surface area contributed by atoms with E-state index in [1.54, 1.807) is 22.6 Å². The Kier molecular flexibility index (Phi) is 6.11. The van der Waals surface area contributed by atoms with Crippen LogP contribution in [0.1, 0.15) is 20.3 Å². The number of anilines is 1. The first-order valence-electron chi connectivity index (χ1n) is 5.98. The van der Waals surface area contributed by atoms with Crippen molar-refractivity contribution in [3.05, 3.63) is 31.6 Å². The van der Waals surface area contributed by atoms with Crippen LogP contribution >= 0.6 is 22.6 Å². The minimum atomic E-state index is -0.585. The first kappa shape index (κ1) is 16.6. The smallest absolute Gasteiger partial charge is 0.293 e. The van der Waals surface area contributed by atoms with Crippen LogP contribution in [0.2, 0.25) is 0 Å². The van der Waals surface area contributed by atoms with Crippen molar-refractivity contribution in [2.75, 3.05) is 11.9 Å². The normalized spacial score (nSPS) is 10.4. The summed E-state index contributed by atoms with van der Waals surface area (Å²) in [6, 6.07) is 2.26. The number of nitro benzene ring substituents is 1. The topological polar surface area (TPSA) is 84.3 Å². The molecule has 0 aromatic heterocycles. The van der Waals surface area contributed by atoms with Crippen molar-refractivity contribution in [1.29, 1.82) is 0 Å². The van der Waals surface area contributed by atoms with Crippen LogP contribution in [-0.2, 0) is 4.79 Å². The number of rotatable bonds is 6. The maximum Gasteiger partial charge on any atom is 0.293 e. The van der Waals surface area contributed by atoms with E-state index in [1.165, 1.54) is 0 Å². The van der Waals surface area contributed by atoms with E-state index in [-0.39, 0.29) is 39.9 Å². The Morgan fingerprint density at radius 1 is 1.50 bits per heavy atom. The largest absolute Gasteiger partial charge is 0.379 e. The Balaban J connectivity index is 2.70. The van der Waals surface area contributed by atoms with Gasteiger partial charge in [-0.1, -0.05) is 0 Å². The summed E-state index contributed by atoms with van der Waals surface area (Å²) in [6.07, 6.45) is 0.156. The highest BCUT2D eigenvalue weighted by molar-refractivity contribution is 14.1. The predicted molar refractivity (Wildman–Crippen MR) is 82.2 cm³/mol. The molecule has 0 unspecified atom stereocenters. The van der Waals surface area contributed by atoms with Gasteiger partial charge in [0.2, 0.25) is 5.91 Å². The third kappa shape index (κ3) is 4.91. The molecule has 2 N–H and O–H groups in total. The maximum absolute atomic E-state index is 13.4. The van der Waals surface area contributed by atoms with Gasteiger partial charge in [-0.15, -0.1) is 0 Å². The van der Waals surface area contributed by atoms with Crippen molar-refractivity contribution in [2.45, 2.75) is 26.3 Å². The highest BCUT2D eigenvalue weighted by atomic mass is 127. The molecule has 6 nitrogen and oxygen atoms in total. The molecule has 0 atom stereocenters. The standard InChI is InChI=1S/C12H15FIN3O3/c1-7(2)16-12(18)3-4-15-10-5-8(13)9(14)6-11(10)17(19)20/h5-7,15H,3-4H2,1-2H3,(H,16,18). The lowest BCUT2D eigenvalue weighted by Crippen LogP contribution is -2.31. The summed E-state index contributed by atoms with van der Waals surface area (Å²) in [5, 5.41) is 16.3. The van der Waals surface area contributed by atoms with E-state index in [9.17, 15) is 19.3 Å². The number of nitrogens with zero attached hydrogens (tertiary/aromatic N) is 1. The first-order valence-corrected chi connectivity index (χ1v) is 7.05. The SMILES string of the molecule is CC(C)NC(=O)CCNc1cc(F)c(I)cc1[N+](=O)[O-]. The molecule has 0 radical (unpaired) electrons. The van der Waals surface area contributed by atoms with Crippen LogP contribution < -0.4 is 10.6 Å². The van der Waals surface area contributed by atoms with Crippen molar-refractivity contribution in [3.63, 3.8) is 0 Å². The van der Waals surface area contributed by atoms with Gasteiger partial charge in [-0.3, -0.25) is 14.9 Å². The number of amides is 1. The van der Waals surface area contributed by atoms with E-state index < -0.39 is 10.7 Å². The van der Waals surface area contributed by atoms with Gasteiger partial charge in [-0.05, 0) is 36.4 Å². The fourth-order valence-electron chi connectivity index (χ4n) is 1.53. The number of hydrogen-bond donors (Lipinski definition) is 2. The second kappa shape index (κ2) is 7.36. The van der Waals surface area contributed by atoms with Crippen molar-refractivity contribution in [1.82, 2.24) is 5.32 Å². The molecule has 0 aliphatic rings. The molecule has 1 aromatic carbocycles. The number of nitrogens with one attached hydrogen (secondary N) is 2. The summed E-state index contributed by atoms with van der Waals surface area (Å²) >= 11 is 1.69. The second-order valence-electron chi connectivity index (χ2n) is 4.44. The number of halogens is 2. The monoisotopic (exact) mass is 395 g/mol. The van der Waals surface area contributed by atoms with Crippen LogP contribution in [0.5, 0.6) is 0 Å². The maximum atomic E-state index is 13.4. The lowest BCUT2D eigenvalue weighted by atomic mass is 10.2. The zero-order valence-electron chi connectivity index (χ0n) is 11.1. The summed E-state index contributed by atoms with van der Waals surface area (Å²) in [5.41, 5.74) is -0.134. The molecule has 110 valence electrons. The molecule has 0 saturated heterocycles. The van der Waals surface area contributed by atoms with Crippen LogP contribution in [-0.4, -0.2) is 23.4 Å². The Morgan fingerprint density at radius 3 is 2.70 bits per heavy atom. The molecule has 20 heavy (non-hydrogen) atoms. The van der Waals surface area contributed by atoms with Gasteiger partial charge >= 0.3 is 0 Å². The summed E-state index contributed by atoms with van der Waals surface area (Å²) < 4.78 is 13.6. The van der Waals surface area contributed by atoms with E-state index in [2.05, 4.69) is 10.6 Å². The highest BCUT2D eigenvalue weighted by Crippen LogP contribution is 2.28. The molecule has 1 aromatic rings. The molecule has 1 amide bonds. The van der Waals surface area contributed by atoms with E-state index in [1.807, 2.05) is 13.8 Å². The van der Waals surface area contributed by atoms with Crippen LogP contribution in [0.15, 0.2) is 12.1 Å². The van der Waals surface area contributed by atoms with Gasteiger partial charge in [0, 0.05) is 31.1 Å². The van der Waals surface area contributed by atoms with Crippen molar-refractivity contribution in [3.8, 4) is 0 Å². The zero-order chi connectivity index (χ0) is 15.3. The Morgan fingerprint density at radius 2 is 2.15 bits per heavy atom. The molecule has 0 spiro atoms. The van der Waals surface area contributed by atoms with E-state index in [4.69, 9.17) is 0 Å². The molecule has 0 fully saturated rings. The Labute approximate surface area is 129 Å². The van der Waals surface area contributed by atoms with Crippen LogP contribution in [0, 0.1) is 19.5 Å². The lowest BCUT2D eigenvalue weighted by molar-refractivity contribution is -0.384. The molecule has 0 aliphatic heterocycles. The number of carbonyl (C=O) groups is 1. The third-order valence-corrected chi connectivity index (χ3v) is 3.18. The molecule has 0 heterocycles. The van der Waals surface area contributed by atoms with E-state index in [0.717, 1.165) is 12.1 Å². The van der Waals surface area contributed by atoms with Gasteiger partial charge in [0.25, 0.3) is 5.69 Å². The summed E-state index contributed by atoms with van der Waals surface area (Å²) in [4.78, 5) is 21.7. The first-order chi connectivity index (χ1) is 9.31. The van der Waals surface area contributed by atoms with Gasteiger partial charge < -0.3 is 10.6 Å². The number of carbonyl (C=O) groups excluding carboxylic acids is 1. The van der Waals surface area contributed by atoms with Crippen molar-refractivity contribution < 1.29 is 14.1 Å². The summed E-state index contributed by atoms with van der Waals surface area (Å²) in [7, 11) is 0. The average Bonchev–Trinajstić information content (AvgIpc) is 2.31. The average molecular weight is 395 g/mol. The fourth-order valence-corrected chi connectivity index (χ4v) is 1.98. The van der Waals surface area contributed by atoms with Crippen LogP contribution in [0.4, 0.5) is 15.8 Å². The third-order valence-electron chi connectivity index (χ3n) is 2.35. The molecule has 0 aliphatic carbocycles. The van der Waals surface area contributed by atoms with Crippen LogP contribution in [0.3, 0.4) is 0 Å². The number of benzene rings is 1. The molecular formula is C12H15FIN3O3. The van der Waals surface area contributed by atoms with Gasteiger partial charge in [0.15, 0.2) is 0 Å². The van der Waals surface area contributed by atoms with Crippen molar-refractivity contribution >= 4 is 39.9 Å². The van der Waals surface area contributed by atoms with Crippen LogP contribution in [0.25, 0.3) is 0 Å². The van der Waals surface area contributed by atoms with Gasteiger partial charge in [-0.2, -0.15) is 0 Å². The van der Waals surface area contributed by atoms with Crippen molar-refractivity contribution in [2.24, 2.45) is 0 Å². The second-order valence-corrected chi connectivity index (χ2v) is 5.60. The molecular weight excluding hydrogens is 380 g/mol. The quantitative estimate of drug-likeness (QED) is 0.441. The van der Waals surface area contributed by atoms with E-state index in [0.29, 0.717) is 0 Å². The molecule has 0 bridgehead atoms.